The van der Waals surface area contributed by atoms with Crippen molar-refractivity contribution in [1.82, 2.24) is 5.32 Å². The molecule has 0 saturated carbocycles. The predicted molar refractivity (Wildman–Crippen MR) is 129 cm³/mol. The summed E-state index contributed by atoms with van der Waals surface area (Å²) in [5.41, 5.74) is 1.50. The number of hydrogen-bond acceptors (Lipinski definition) is 5. The fraction of sp³-hybridized carbons (Fsp3) is 0.174. The predicted octanol–water partition coefficient (Wildman–Crippen LogP) is 4.06. The van der Waals surface area contributed by atoms with Crippen LogP contribution >= 0.6 is 11.6 Å². The summed E-state index contributed by atoms with van der Waals surface area (Å²) >= 11 is 5.83. The third kappa shape index (κ3) is 5.73. The Morgan fingerprint density at radius 1 is 0.848 bits per heavy atom. The molecule has 7 nitrogen and oxygen atoms in total. The number of sulfonamides is 1. The number of carbonyl (C=O) groups is 1. The van der Waals surface area contributed by atoms with Gasteiger partial charge in [-0.1, -0.05) is 23.7 Å². The standard InChI is InChI=1S/C23H23ClN2O5S2/c1-16(17-6-12-21(13-7-17)32(3,28)29)25-23(27)18-4-10-20(11-5-18)26(2)33(30,31)22-14-8-19(24)9-15-22/h4-16H,1-3H3,(H,25,27)/t16-/m0/s1. The number of rotatable bonds is 7. The van der Waals surface area contributed by atoms with Gasteiger partial charge in [-0.3, -0.25) is 9.10 Å². The van der Waals surface area contributed by atoms with Crippen molar-refractivity contribution in [2.24, 2.45) is 0 Å². The van der Waals surface area contributed by atoms with Crippen LogP contribution in [0.3, 0.4) is 0 Å². The highest BCUT2D eigenvalue weighted by Crippen LogP contribution is 2.24. The maximum absolute atomic E-state index is 12.8. The summed E-state index contributed by atoms with van der Waals surface area (Å²) in [6, 6.07) is 18.0. The molecule has 0 spiro atoms. The quantitative estimate of drug-likeness (QED) is 0.520. The van der Waals surface area contributed by atoms with E-state index in [2.05, 4.69) is 5.32 Å². The molecule has 0 aliphatic heterocycles. The van der Waals surface area contributed by atoms with Crippen molar-refractivity contribution in [3.8, 4) is 0 Å². The van der Waals surface area contributed by atoms with Gasteiger partial charge in [0.2, 0.25) is 0 Å². The first kappa shape index (κ1) is 24.8. The van der Waals surface area contributed by atoms with E-state index in [0.717, 1.165) is 16.1 Å². The van der Waals surface area contributed by atoms with Crippen molar-refractivity contribution in [3.05, 3.63) is 88.9 Å². The Hall–Kier alpha value is -2.88. The smallest absolute Gasteiger partial charge is 0.264 e. The Labute approximate surface area is 199 Å². The minimum Gasteiger partial charge on any atom is -0.346 e. The number of sulfone groups is 1. The molecular weight excluding hydrogens is 484 g/mol. The fourth-order valence-corrected chi connectivity index (χ4v) is 5.05. The van der Waals surface area contributed by atoms with Gasteiger partial charge in [-0.25, -0.2) is 16.8 Å². The Kier molecular flexibility index (Phi) is 7.16. The highest BCUT2D eigenvalue weighted by Gasteiger charge is 2.21. The van der Waals surface area contributed by atoms with Gasteiger partial charge in [0.25, 0.3) is 15.9 Å². The molecule has 174 valence electrons. The third-order valence-corrected chi connectivity index (χ3v) is 8.30. The highest BCUT2D eigenvalue weighted by molar-refractivity contribution is 7.92. The molecule has 0 heterocycles. The third-order valence-electron chi connectivity index (χ3n) is 5.12. The van der Waals surface area contributed by atoms with E-state index >= 15 is 0 Å². The van der Waals surface area contributed by atoms with E-state index in [4.69, 9.17) is 11.6 Å². The van der Waals surface area contributed by atoms with Crippen molar-refractivity contribution < 1.29 is 21.6 Å². The second-order valence-electron chi connectivity index (χ2n) is 7.51. The number of hydrogen-bond donors (Lipinski definition) is 1. The van der Waals surface area contributed by atoms with E-state index in [-0.39, 0.29) is 21.7 Å². The number of carbonyl (C=O) groups excluding carboxylic acids is 1. The molecule has 0 saturated heterocycles. The number of nitrogens with zero attached hydrogens (tertiary/aromatic N) is 1. The molecule has 0 unspecified atom stereocenters. The zero-order chi connectivity index (χ0) is 24.4. The summed E-state index contributed by atoms with van der Waals surface area (Å²) in [5, 5.41) is 3.29. The first-order chi connectivity index (χ1) is 15.4. The largest absolute Gasteiger partial charge is 0.346 e. The zero-order valence-electron chi connectivity index (χ0n) is 18.2. The average Bonchev–Trinajstić information content (AvgIpc) is 2.78. The molecular formula is C23H23ClN2O5S2. The molecule has 0 aromatic heterocycles. The number of halogens is 1. The molecule has 0 aliphatic rings. The first-order valence-corrected chi connectivity index (χ1v) is 13.6. The van der Waals surface area contributed by atoms with Crippen molar-refractivity contribution in [1.29, 1.82) is 0 Å². The van der Waals surface area contributed by atoms with Crippen molar-refractivity contribution in [2.75, 3.05) is 17.6 Å². The number of nitrogens with one attached hydrogen (secondary N) is 1. The number of benzene rings is 3. The lowest BCUT2D eigenvalue weighted by molar-refractivity contribution is 0.0940. The average molecular weight is 507 g/mol. The maximum Gasteiger partial charge on any atom is 0.264 e. The second kappa shape index (κ2) is 9.54. The monoisotopic (exact) mass is 506 g/mol. The van der Waals surface area contributed by atoms with E-state index in [0.29, 0.717) is 16.3 Å². The molecule has 1 N–H and O–H groups in total. The Bertz CT molecular complexity index is 1350. The lowest BCUT2D eigenvalue weighted by Gasteiger charge is -2.20. The SMILES string of the molecule is C[C@H](NC(=O)c1ccc(N(C)S(=O)(=O)c2ccc(Cl)cc2)cc1)c1ccc(S(C)(=O)=O)cc1. The molecule has 0 aliphatic carbocycles. The molecule has 10 heteroatoms. The van der Waals surface area contributed by atoms with Crippen LogP contribution in [0.4, 0.5) is 5.69 Å². The minimum atomic E-state index is -3.78. The van der Waals surface area contributed by atoms with Crippen LogP contribution in [-0.4, -0.2) is 36.0 Å². The van der Waals surface area contributed by atoms with Gasteiger partial charge in [-0.2, -0.15) is 0 Å². The Morgan fingerprint density at radius 3 is 1.88 bits per heavy atom. The molecule has 0 radical (unpaired) electrons. The van der Waals surface area contributed by atoms with Crippen LogP contribution in [0.2, 0.25) is 5.02 Å². The van der Waals surface area contributed by atoms with Crippen molar-refractivity contribution in [2.45, 2.75) is 22.8 Å². The van der Waals surface area contributed by atoms with Crippen LogP contribution in [0.5, 0.6) is 0 Å². The summed E-state index contributed by atoms with van der Waals surface area (Å²) in [6.45, 7) is 1.79. The van der Waals surface area contributed by atoms with Gasteiger partial charge in [0.1, 0.15) is 0 Å². The summed E-state index contributed by atoms with van der Waals surface area (Å²) < 4.78 is 49.9. The number of amides is 1. The lowest BCUT2D eigenvalue weighted by Crippen LogP contribution is -2.28. The zero-order valence-corrected chi connectivity index (χ0v) is 20.6. The summed E-state index contributed by atoms with van der Waals surface area (Å²) in [6.07, 6.45) is 1.13. The fourth-order valence-electron chi connectivity index (χ4n) is 3.09. The second-order valence-corrected chi connectivity index (χ2v) is 11.9. The molecule has 33 heavy (non-hydrogen) atoms. The molecule has 0 bridgehead atoms. The van der Waals surface area contributed by atoms with Gasteiger partial charge in [0, 0.05) is 23.9 Å². The van der Waals surface area contributed by atoms with Crippen LogP contribution in [0.1, 0.15) is 28.9 Å². The maximum atomic E-state index is 12.8. The van der Waals surface area contributed by atoms with Crippen LogP contribution < -0.4 is 9.62 Å². The highest BCUT2D eigenvalue weighted by atomic mass is 35.5. The van der Waals surface area contributed by atoms with E-state index < -0.39 is 19.9 Å². The molecule has 3 rings (SSSR count). The topological polar surface area (TPSA) is 101 Å². The molecule has 0 fully saturated rings. The molecule has 1 amide bonds. The van der Waals surface area contributed by atoms with Crippen LogP contribution in [0, 0.1) is 0 Å². The van der Waals surface area contributed by atoms with Gasteiger partial charge in [-0.05, 0) is 73.2 Å². The van der Waals surface area contributed by atoms with Crippen LogP contribution in [0.25, 0.3) is 0 Å². The normalized spacial score (nSPS) is 12.7. The molecule has 1 atom stereocenters. The van der Waals surface area contributed by atoms with E-state index in [1.807, 2.05) is 0 Å². The molecule has 3 aromatic rings. The first-order valence-electron chi connectivity index (χ1n) is 9.85. The van der Waals surface area contributed by atoms with Gasteiger partial charge in [-0.15, -0.1) is 0 Å². The van der Waals surface area contributed by atoms with Crippen molar-refractivity contribution in [3.63, 3.8) is 0 Å². The van der Waals surface area contributed by atoms with Gasteiger partial charge >= 0.3 is 0 Å². The van der Waals surface area contributed by atoms with Gasteiger partial charge in [0.15, 0.2) is 9.84 Å². The molecule has 3 aromatic carbocycles. The van der Waals surface area contributed by atoms with Crippen LogP contribution in [0.15, 0.2) is 82.6 Å². The summed E-state index contributed by atoms with van der Waals surface area (Å²) in [4.78, 5) is 12.9. The van der Waals surface area contributed by atoms with Gasteiger partial charge < -0.3 is 5.32 Å². The van der Waals surface area contributed by atoms with Crippen molar-refractivity contribution >= 4 is 43.1 Å². The van der Waals surface area contributed by atoms with E-state index in [9.17, 15) is 21.6 Å². The number of anilines is 1. The van der Waals surface area contributed by atoms with E-state index in [1.54, 1.807) is 31.2 Å². The van der Waals surface area contributed by atoms with Crippen LogP contribution in [-0.2, 0) is 19.9 Å². The van der Waals surface area contributed by atoms with Gasteiger partial charge in [0.05, 0.1) is 21.5 Å². The Morgan fingerprint density at radius 2 is 1.36 bits per heavy atom. The Balaban J connectivity index is 1.71. The summed E-state index contributed by atoms with van der Waals surface area (Å²) in [5.74, 6) is -0.343. The van der Waals surface area contributed by atoms with E-state index in [1.165, 1.54) is 55.6 Å². The summed E-state index contributed by atoms with van der Waals surface area (Å²) in [7, 11) is -5.64. The minimum absolute atomic E-state index is 0.104. The lowest BCUT2D eigenvalue weighted by atomic mass is 10.1.